The molecule has 0 radical (unpaired) electrons. The molecule has 2 aromatic carbocycles. The van der Waals surface area contributed by atoms with Crippen LogP contribution in [0, 0.1) is 0 Å². The van der Waals surface area contributed by atoms with Crippen molar-refractivity contribution in [3.8, 4) is 11.5 Å². The number of benzene rings is 2. The smallest absolute Gasteiger partial charge is 0.228 e. The highest BCUT2D eigenvalue weighted by molar-refractivity contribution is 6.42. The van der Waals surface area contributed by atoms with E-state index in [0.29, 0.717) is 40.4 Å². The third kappa shape index (κ3) is 4.09. The van der Waals surface area contributed by atoms with Gasteiger partial charge in [0.15, 0.2) is 11.5 Å². The van der Waals surface area contributed by atoms with E-state index in [1.165, 1.54) is 0 Å². The van der Waals surface area contributed by atoms with E-state index in [1.807, 2.05) is 0 Å². The molecule has 1 heterocycles. The van der Waals surface area contributed by atoms with E-state index in [4.69, 9.17) is 32.7 Å². The van der Waals surface area contributed by atoms with Crippen molar-refractivity contribution in [3.63, 3.8) is 0 Å². The summed E-state index contributed by atoms with van der Waals surface area (Å²) in [5.41, 5.74) is 1.46. The fourth-order valence-corrected chi connectivity index (χ4v) is 2.60. The number of carbonyl (C=O) groups excluding carboxylic acids is 1. The molecule has 120 valence electrons. The Morgan fingerprint density at radius 1 is 1.00 bits per heavy atom. The van der Waals surface area contributed by atoms with Crippen molar-refractivity contribution in [1.82, 2.24) is 0 Å². The molecule has 0 saturated carbocycles. The van der Waals surface area contributed by atoms with Gasteiger partial charge in [-0.2, -0.15) is 0 Å². The van der Waals surface area contributed by atoms with Gasteiger partial charge < -0.3 is 14.8 Å². The van der Waals surface area contributed by atoms with Gasteiger partial charge in [-0.1, -0.05) is 29.3 Å². The third-order valence-electron chi connectivity index (χ3n) is 3.38. The molecule has 0 bridgehead atoms. The fraction of sp³-hybridized carbons (Fsp3) is 0.235. The van der Waals surface area contributed by atoms with E-state index >= 15 is 0 Å². The van der Waals surface area contributed by atoms with Crippen LogP contribution in [-0.2, 0) is 11.2 Å². The van der Waals surface area contributed by atoms with Crippen LogP contribution in [0.15, 0.2) is 36.4 Å². The summed E-state index contributed by atoms with van der Waals surface area (Å²) in [6, 6.07) is 10.5. The lowest BCUT2D eigenvalue weighted by atomic mass is 10.1. The monoisotopic (exact) mass is 351 g/mol. The standard InChI is InChI=1S/C17H15Cl2NO3/c18-13-4-2-11(8-14(13)19)9-17(21)20-12-3-5-15-16(10-12)23-7-1-6-22-15/h2-5,8,10H,1,6-7,9H2,(H,20,21). The first-order valence-corrected chi connectivity index (χ1v) is 8.01. The number of rotatable bonds is 3. The van der Waals surface area contributed by atoms with Crippen LogP contribution in [0.4, 0.5) is 5.69 Å². The average Bonchev–Trinajstić information content (AvgIpc) is 2.75. The molecular formula is C17H15Cl2NO3. The molecule has 0 saturated heterocycles. The molecule has 0 unspecified atom stereocenters. The zero-order chi connectivity index (χ0) is 16.2. The predicted molar refractivity (Wildman–Crippen MR) is 90.8 cm³/mol. The third-order valence-corrected chi connectivity index (χ3v) is 4.12. The normalized spacial score (nSPS) is 13.3. The molecular weight excluding hydrogens is 337 g/mol. The van der Waals surface area contributed by atoms with Crippen LogP contribution >= 0.6 is 23.2 Å². The van der Waals surface area contributed by atoms with Crippen LogP contribution in [0.5, 0.6) is 11.5 Å². The molecule has 23 heavy (non-hydrogen) atoms. The summed E-state index contributed by atoms with van der Waals surface area (Å²) in [7, 11) is 0. The maximum absolute atomic E-state index is 12.2. The summed E-state index contributed by atoms with van der Waals surface area (Å²) in [6.07, 6.45) is 1.05. The fourth-order valence-electron chi connectivity index (χ4n) is 2.28. The van der Waals surface area contributed by atoms with Gasteiger partial charge in [-0.05, 0) is 29.8 Å². The molecule has 0 atom stereocenters. The van der Waals surface area contributed by atoms with Crippen LogP contribution in [0.25, 0.3) is 0 Å². The Morgan fingerprint density at radius 3 is 2.57 bits per heavy atom. The Morgan fingerprint density at radius 2 is 1.78 bits per heavy atom. The summed E-state index contributed by atoms with van der Waals surface area (Å²) in [5.74, 6) is 1.21. The van der Waals surface area contributed by atoms with Gasteiger partial charge in [0, 0.05) is 18.2 Å². The topological polar surface area (TPSA) is 47.6 Å². The minimum absolute atomic E-state index is 0.141. The Kier molecular flexibility index (Phi) is 4.94. The molecule has 0 fully saturated rings. The molecule has 1 aliphatic heterocycles. The lowest BCUT2D eigenvalue weighted by molar-refractivity contribution is -0.115. The second kappa shape index (κ2) is 7.11. The van der Waals surface area contributed by atoms with E-state index in [9.17, 15) is 4.79 Å². The average molecular weight is 352 g/mol. The molecule has 1 N–H and O–H groups in total. The van der Waals surface area contributed by atoms with E-state index < -0.39 is 0 Å². The van der Waals surface area contributed by atoms with Gasteiger partial charge in [-0.25, -0.2) is 0 Å². The van der Waals surface area contributed by atoms with Crippen LogP contribution in [-0.4, -0.2) is 19.1 Å². The van der Waals surface area contributed by atoms with Crippen LogP contribution < -0.4 is 14.8 Å². The van der Waals surface area contributed by atoms with Crippen molar-refractivity contribution in [2.24, 2.45) is 0 Å². The van der Waals surface area contributed by atoms with Crippen molar-refractivity contribution < 1.29 is 14.3 Å². The zero-order valence-corrected chi connectivity index (χ0v) is 13.8. The van der Waals surface area contributed by atoms with Gasteiger partial charge in [0.1, 0.15) is 0 Å². The maximum atomic E-state index is 12.2. The van der Waals surface area contributed by atoms with E-state index in [-0.39, 0.29) is 12.3 Å². The summed E-state index contributed by atoms with van der Waals surface area (Å²) in [6.45, 7) is 1.24. The van der Waals surface area contributed by atoms with Crippen molar-refractivity contribution in [2.45, 2.75) is 12.8 Å². The molecule has 0 spiro atoms. The highest BCUT2D eigenvalue weighted by atomic mass is 35.5. The summed E-state index contributed by atoms with van der Waals surface area (Å²) >= 11 is 11.8. The van der Waals surface area contributed by atoms with Crippen molar-refractivity contribution in [1.29, 1.82) is 0 Å². The maximum Gasteiger partial charge on any atom is 0.228 e. The second-order valence-electron chi connectivity index (χ2n) is 5.19. The molecule has 0 aromatic heterocycles. The number of hydrogen-bond donors (Lipinski definition) is 1. The van der Waals surface area contributed by atoms with E-state index in [0.717, 1.165) is 12.0 Å². The quantitative estimate of drug-likeness (QED) is 0.894. The number of ether oxygens (including phenoxy) is 2. The minimum atomic E-state index is -0.141. The molecule has 1 aliphatic rings. The molecule has 3 rings (SSSR count). The van der Waals surface area contributed by atoms with E-state index in [1.54, 1.807) is 36.4 Å². The minimum Gasteiger partial charge on any atom is -0.490 e. The highest BCUT2D eigenvalue weighted by Gasteiger charge is 2.12. The molecule has 1 amide bonds. The number of amides is 1. The Hall–Kier alpha value is -1.91. The van der Waals surface area contributed by atoms with E-state index in [2.05, 4.69) is 5.32 Å². The first kappa shape index (κ1) is 16.0. The predicted octanol–water partition coefficient (Wildman–Crippen LogP) is 4.34. The number of carbonyl (C=O) groups is 1. The highest BCUT2D eigenvalue weighted by Crippen LogP contribution is 2.32. The van der Waals surface area contributed by atoms with Gasteiger partial charge >= 0.3 is 0 Å². The zero-order valence-electron chi connectivity index (χ0n) is 12.3. The molecule has 0 aliphatic carbocycles. The first-order valence-electron chi connectivity index (χ1n) is 7.25. The van der Waals surface area contributed by atoms with Gasteiger partial charge in [-0.3, -0.25) is 4.79 Å². The summed E-state index contributed by atoms with van der Waals surface area (Å²) in [4.78, 5) is 12.2. The van der Waals surface area contributed by atoms with Gasteiger partial charge in [-0.15, -0.1) is 0 Å². The lowest BCUT2D eigenvalue weighted by Gasteiger charge is -2.10. The number of hydrogen-bond acceptors (Lipinski definition) is 3. The number of halogens is 2. The SMILES string of the molecule is O=C(Cc1ccc(Cl)c(Cl)c1)Nc1ccc2c(c1)OCCCO2. The molecule has 4 nitrogen and oxygen atoms in total. The Bertz CT molecular complexity index is 734. The van der Waals surface area contributed by atoms with Crippen molar-refractivity contribution >= 4 is 34.8 Å². The summed E-state index contributed by atoms with van der Waals surface area (Å²) < 4.78 is 11.2. The number of nitrogens with one attached hydrogen (secondary N) is 1. The first-order chi connectivity index (χ1) is 11.1. The van der Waals surface area contributed by atoms with Gasteiger partial charge in [0.05, 0.1) is 29.7 Å². The number of fused-ring (bicyclic) bond motifs is 1. The lowest BCUT2D eigenvalue weighted by Crippen LogP contribution is -2.14. The van der Waals surface area contributed by atoms with Gasteiger partial charge in [0.2, 0.25) is 5.91 Å². The molecule has 6 heteroatoms. The van der Waals surface area contributed by atoms with Crippen LogP contribution in [0.3, 0.4) is 0 Å². The van der Waals surface area contributed by atoms with Gasteiger partial charge in [0.25, 0.3) is 0 Å². The second-order valence-corrected chi connectivity index (χ2v) is 6.00. The van der Waals surface area contributed by atoms with Crippen molar-refractivity contribution in [3.05, 3.63) is 52.0 Å². The number of anilines is 1. The van der Waals surface area contributed by atoms with Crippen molar-refractivity contribution in [2.75, 3.05) is 18.5 Å². The molecule has 2 aromatic rings. The largest absolute Gasteiger partial charge is 0.490 e. The Labute approximate surface area is 144 Å². The van der Waals surface area contributed by atoms with Crippen LogP contribution in [0.2, 0.25) is 10.0 Å². The Balaban J connectivity index is 1.67. The summed E-state index contributed by atoms with van der Waals surface area (Å²) in [5, 5.41) is 3.75. The van der Waals surface area contributed by atoms with Crippen LogP contribution in [0.1, 0.15) is 12.0 Å².